The van der Waals surface area contributed by atoms with Gasteiger partial charge in [-0.25, -0.2) is 0 Å². The second kappa shape index (κ2) is 13.9. The molecule has 0 bridgehead atoms. The van der Waals surface area contributed by atoms with E-state index in [4.69, 9.17) is 0 Å². The first-order chi connectivity index (χ1) is 19.7. The van der Waals surface area contributed by atoms with Crippen LogP contribution in [0.1, 0.15) is 56.3 Å². The van der Waals surface area contributed by atoms with Gasteiger partial charge in [0.15, 0.2) is 0 Å². The van der Waals surface area contributed by atoms with E-state index < -0.39 is 0 Å². The largest absolute Gasteiger partial charge is 0.356 e. The van der Waals surface area contributed by atoms with Crippen LogP contribution in [0.4, 0.5) is 11.4 Å². The van der Waals surface area contributed by atoms with Crippen LogP contribution in [-0.4, -0.2) is 0 Å². The summed E-state index contributed by atoms with van der Waals surface area (Å²) in [6.07, 6.45) is 7.18. The maximum Gasteiger partial charge on any atom is 0.0390 e. The number of benzene rings is 4. The highest BCUT2D eigenvalue weighted by molar-refractivity contribution is 7.30. The fourth-order valence-corrected chi connectivity index (χ4v) is 6.18. The summed E-state index contributed by atoms with van der Waals surface area (Å²) in [5.41, 5.74) is 9.90. The van der Waals surface area contributed by atoms with E-state index in [1.165, 1.54) is 59.7 Å². The zero-order chi connectivity index (χ0) is 27.6. The molecule has 1 unspecified atom stereocenters. The summed E-state index contributed by atoms with van der Waals surface area (Å²) in [4.78, 5) is 0. The van der Waals surface area contributed by atoms with Gasteiger partial charge in [-0.2, -0.15) is 0 Å². The summed E-state index contributed by atoms with van der Waals surface area (Å²) < 4.78 is 0. The average Bonchev–Trinajstić information content (AvgIpc) is 3.02. The van der Waals surface area contributed by atoms with Crippen LogP contribution < -0.4 is 5.32 Å². The van der Waals surface area contributed by atoms with Crippen molar-refractivity contribution in [3.63, 3.8) is 0 Å². The molecule has 200 valence electrons. The Morgan fingerprint density at radius 3 is 2.02 bits per heavy atom. The molecular formula is C38H38NP. The first kappa shape index (κ1) is 27.6. The summed E-state index contributed by atoms with van der Waals surface area (Å²) >= 11 is 0. The average molecular weight is 540 g/mol. The first-order valence-electron chi connectivity index (χ1n) is 14.5. The van der Waals surface area contributed by atoms with Crippen molar-refractivity contribution in [2.75, 3.05) is 5.32 Å². The lowest BCUT2D eigenvalue weighted by Crippen LogP contribution is -1.96. The molecule has 0 radical (unpaired) electrons. The first-order valence-corrected chi connectivity index (χ1v) is 15.4. The van der Waals surface area contributed by atoms with Gasteiger partial charge >= 0.3 is 0 Å². The topological polar surface area (TPSA) is 12.0 Å². The Morgan fingerprint density at radius 2 is 1.32 bits per heavy atom. The Balaban J connectivity index is 1.33. The number of rotatable bonds is 11. The van der Waals surface area contributed by atoms with Gasteiger partial charge in [0.2, 0.25) is 0 Å². The maximum absolute atomic E-state index is 3.58. The van der Waals surface area contributed by atoms with E-state index in [1.54, 1.807) is 0 Å². The van der Waals surface area contributed by atoms with E-state index in [0.29, 0.717) is 5.92 Å². The molecule has 0 aliphatic rings. The number of hydrogen-bond acceptors (Lipinski definition) is 1. The van der Waals surface area contributed by atoms with Crippen LogP contribution in [0.3, 0.4) is 0 Å². The van der Waals surface area contributed by atoms with Crippen LogP contribution in [0.25, 0.3) is 27.8 Å². The third kappa shape index (κ3) is 7.17. The minimum Gasteiger partial charge on any atom is -0.356 e. The lowest BCUT2D eigenvalue weighted by Gasteiger charge is -2.16. The Kier molecular flexibility index (Phi) is 9.62. The van der Waals surface area contributed by atoms with E-state index in [1.807, 2.05) is 0 Å². The predicted molar refractivity (Wildman–Crippen MR) is 177 cm³/mol. The lowest BCUT2D eigenvalue weighted by molar-refractivity contribution is 0.725. The zero-order valence-electron chi connectivity index (χ0n) is 23.6. The third-order valence-corrected chi connectivity index (χ3v) is 8.42. The molecule has 1 heterocycles. The Morgan fingerprint density at radius 1 is 0.650 bits per heavy atom. The third-order valence-electron chi connectivity index (χ3n) is 7.32. The monoisotopic (exact) mass is 539 g/mol. The predicted octanol–water partition coefficient (Wildman–Crippen LogP) is 12.1. The van der Waals surface area contributed by atoms with Crippen LogP contribution >= 0.6 is 8.19 Å². The van der Waals surface area contributed by atoms with Gasteiger partial charge in [-0.15, -0.1) is 0 Å². The molecule has 0 aliphatic carbocycles. The highest BCUT2D eigenvalue weighted by Crippen LogP contribution is 2.34. The van der Waals surface area contributed by atoms with Gasteiger partial charge in [-0.05, 0) is 81.6 Å². The second-order valence-electron chi connectivity index (χ2n) is 10.3. The molecule has 0 saturated heterocycles. The molecule has 0 aliphatic heterocycles. The minimum atomic E-state index is 0.499. The van der Waals surface area contributed by atoms with E-state index in [0.717, 1.165) is 24.2 Å². The van der Waals surface area contributed by atoms with Crippen molar-refractivity contribution in [3.05, 3.63) is 144 Å². The molecular weight excluding hydrogens is 501 g/mol. The standard InChI is InChI=1S/C38H38NP/c1-3-11-33(27-35(12-4-2)38-17-8-9-26-40-38)31-18-20-32(21-19-31)34-15-10-16-37(28-34)39-36-24-22-30(23-25-36)29-13-6-5-7-14-29/h5-10,13-28,35,39H,3-4,11-12H2,1-2H3/b33-27+. The Bertz CT molecular complexity index is 1500. The molecule has 0 fully saturated rings. The van der Waals surface area contributed by atoms with Gasteiger partial charge in [-0.1, -0.05) is 138 Å². The zero-order valence-corrected chi connectivity index (χ0v) is 24.4. The molecule has 0 amide bonds. The maximum atomic E-state index is 3.58. The number of hydrogen-bond donors (Lipinski definition) is 1. The molecule has 1 aromatic heterocycles. The fraction of sp³-hybridized carbons (Fsp3) is 0.184. The molecule has 1 nitrogen and oxygen atoms in total. The Labute approximate surface area is 241 Å². The van der Waals surface area contributed by atoms with Crippen molar-refractivity contribution in [1.82, 2.24) is 0 Å². The lowest BCUT2D eigenvalue weighted by atomic mass is 9.92. The minimum absolute atomic E-state index is 0.499. The smallest absolute Gasteiger partial charge is 0.0390 e. The van der Waals surface area contributed by atoms with E-state index >= 15 is 0 Å². The summed E-state index contributed by atoms with van der Waals surface area (Å²) in [6.45, 7) is 4.57. The van der Waals surface area contributed by atoms with Crippen LogP contribution in [-0.2, 0) is 0 Å². The van der Waals surface area contributed by atoms with Crippen molar-refractivity contribution in [1.29, 1.82) is 0 Å². The molecule has 1 N–H and O–H groups in total. The van der Waals surface area contributed by atoms with Gasteiger partial charge < -0.3 is 5.32 Å². The normalized spacial score (nSPS) is 12.4. The van der Waals surface area contributed by atoms with Gasteiger partial charge in [0.05, 0.1) is 0 Å². The number of nitrogens with one attached hydrogen (secondary N) is 1. The SMILES string of the molecule is CCC/C(=C\C(CCC)c1ccccp1)c1ccc(-c2cccc(Nc3ccc(-c4ccccc4)cc3)c2)cc1. The molecule has 5 rings (SSSR count). The van der Waals surface area contributed by atoms with Crippen molar-refractivity contribution >= 4 is 25.1 Å². The van der Waals surface area contributed by atoms with Crippen molar-refractivity contribution in [3.8, 4) is 22.3 Å². The highest BCUT2D eigenvalue weighted by Gasteiger charge is 2.11. The van der Waals surface area contributed by atoms with Crippen LogP contribution in [0.2, 0.25) is 0 Å². The van der Waals surface area contributed by atoms with Gasteiger partial charge in [0, 0.05) is 17.3 Å². The summed E-state index contributed by atoms with van der Waals surface area (Å²) in [7, 11) is 1.33. The van der Waals surface area contributed by atoms with Crippen LogP contribution in [0.15, 0.2) is 133 Å². The number of allylic oxidation sites excluding steroid dienone is 2. The van der Waals surface area contributed by atoms with Crippen molar-refractivity contribution < 1.29 is 0 Å². The molecule has 0 saturated carbocycles. The van der Waals surface area contributed by atoms with Crippen LogP contribution in [0, 0.1) is 0 Å². The second-order valence-corrected chi connectivity index (χ2v) is 11.4. The van der Waals surface area contributed by atoms with Gasteiger partial charge in [0.25, 0.3) is 0 Å². The summed E-state index contributed by atoms with van der Waals surface area (Å²) in [6, 6.07) is 43.6. The van der Waals surface area contributed by atoms with E-state index in [9.17, 15) is 0 Å². The number of anilines is 2. The van der Waals surface area contributed by atoms with Crippen molar-refractivity contribution in [2.45, 2.75) is 45.4 Å². The Hall–Kier alpha value is -3.93. The molecule has 4 aromatic carbocycles. The molecule has 1 atom stereocenters. The van der Waals surface area contributed by atoms with E-state index in [2.05, 4.69) is 152 Å². The fourth-order valence-electron chi connectivity index (χ4n) is 5.26. The van der Waals surface area contributed by atoms with E-state index in [-0.39, 0.29) is 0 Å². The molecule has 40 heavy (non-hydrogen) atoms. The molecule has 5 aromatic rings. The quantitative estimate of drug-likeness (QED) is 0.176. The van der Waals surface area contributed by atoms with Gasteiger partial charge in [-0.3, -0.25) is 0 Å². The summed E-state index contributed by atoms with van der Waals surface area (Å²) in [5.74, 6) is 2.75. The van der Waals surface area contributed by atoms with Crippen LogP contribution in [0.5, 0.6) is 0 Å². The molecule has 2 heteroatoms. The van der Waals surface area contributed by atoms with Gasteiger partial charge in [0.1, 0.15) is 0 Å². The summed E-state index contributed by atoms with van der Waals surface area (Å²) in [5, 5.41) is 5.09. The van der Waals surface area contributed by atoms with Crippen molar-refractivity contribution in [2.24, 2.45) is 0 Å². The molecule has 0 spiro atoms. The highest BCUT2D eigenvalue weighted by atomic mass is 31.0.